The van der Waals surface area contributed by atoms with Crippen LogP contribution in [0.5, 0.6) is 5.75 Å². The Hall–Kier alpha value is -3.48. The third-order valence-electron chi connectivity index (χ3n) is 4.26. The SMILES string of the molecule is Cc1ccc(CNc2nc(CNc3cc(O)ccc3C)cc(=O)n2N)cc1. The van der Waals surface area contributed by atoms with E-state index in [4.69, 9.17) is 5.84 Å². The van der Waals surface area contributed by atoms with E-state index in [1.165, 1.54) is 11.6 Å². The van der Waals surface area contributed by atoms with Crippen molar-refractivity contribution in [1.82, 2.24) is 9.66 Å². The van der Waals surface area contributed by atoms with Crippen molar-refractivity contribution in [1.29, 1.82) is 0 Å². The van der Waals surface area contributed by atoms with Crippen LogP contribution in [0.2, 0.25) is 0 Å². The van der Waals surface area contributed by atoms with Gasteiger partial charge < -0.3 is 21.6 Å². The van der Waals surface area contributed by atoms with Crippen LogP contribution in [0.3, 0.4) is 0 Å². The van der Waals surface area contributed by atoms with Gasteiger partial charge in [-0.3, -0.25) is 4.79 Å². The summed E-state index contributed by atoms with van der Waals surface area (Å²) < 4.78 is 0.997. The summed E-state index contributed by atoms with van der Waals surface area (Å²) in [6, 6.07) is 14.5. The van der Waals surface area contributed by atoms with E-state index in [9.17, 15) is 9.90 Å². The van der Waals surface area contributed by atoms with Crippen LogP contribution in [-0.4, -0.2) is 14.8 Å². The molecule has 0 fully saturated rings. The molecule has 0 aliphatic heterocycles. The maximum atomic E-state index is 12.1. The first-order valence-corrected chi connectivity index (χ1v) is 8.63. The number of aromatic hydroxyl groups is 1. The minimum Gasteiger partial charge on any atom is -0.508 e. The van der Waals surface area contributed by atoms with Crippen LogP contribution in [0.25, 0.3) is 0 Å². The van der Waals surface area contributed by atoms with E-state index in [2.05, 4.69) is 15.6 Å². The lowest BCUT2D eigenvalue weighted by Crippen LogP contribution is -2.31. The van der Waals surface area contributed by atoms with Crippen molar-refractivity contribution in [3.05, 3.63) is 81.3 Å². The number of anilines is 2. The Morgan fingerprint density at radius 1 is 1.04 bits per heavy atom. The molecular formula is C20H23N5O2. The van der Waals surface area contributed by atoms with Gasteiger partial charge in [0.05, 0.1) is 12.2 Å². The van der Waals surface area contributed by atoms with Gasteiger partial charge in [0.15, 0.2) is 0 Å². The van der Waals surface area contributed by atoms with E-state index in [0.717, 1.165) is 21.5 Å². The Balaban J connectivity index is 1.74. The molecule has 0 saturated carbocycles. The number of rotatable bonds is 6. The molecule has 7 heteroatoms. The summed E-state index contributed by atoms with van der Waals surface area (Å²) in [5.41, 5.74) is 4.22. The molecule has 0 radical (unpaired) electrons. The van der Waals surface area contributed by atoms with E-state index < -0.39 is 0 Å². The van der Waals surface area contributed by atoms with Crippen molar-refractivity contribution in [3.8, 4) is 5.75 Å². The Morgan fingerprint density at radius 2 is 1.78 bits per heavy atom. The molecule has 0 aliphatic rings. The molecule has 3 aromatic rings. The van der Waals surface area contributed by atoms with E-state index >= 15 is 0 Å². The maximum absolute atomic E-state index is 12.1. The highest BCUT2D eigenvalue weighted by Gasteiger charge is 2.08. The monoisotopic (exact) mass is 365 g/mol. The third kappa shape index (κ3) is 4.58. The van der Waals surface area contributed by atoms with Gasteiger partial charge in [-0.1, -0.05) is 35.9 Å². The topological polar surface area (TPSA) is 105 Å². The second kappa shape index (κ2) is 7.82. The molecule has 0 amide bonds. The molecule has 140 valence electrons. The van der Waals surface area contributed by atoms with E-state index in [0.29, 0.717) is 24.7 Å². The van der Waals surface area contributed by atoms with Gasteiger partial charge in [-0.15, -0.1) is 0 Å². The van der Waals surface area contributed by atoms with Crippen molar-refractivity contribution < 1.29 is 5.11 Å². The molecule has 2 aromatic carbocycles. The molecule has 0 aliphatic carbocycles. The quantitative estimate of drug-likeness (QED) is 0.500. The zero-order chi connectivity index (χ0) is 19.4. The second-order valence-corrected chi connectivity index (χ2v) is 6.47. The van der Waals surface area contributed by atoms with Gasteiger partial charge in [-0.05, 0) is 31.0 Å². The fraction of sp³-hybridized carbons (Fsp3) is 0.200. The van der Waals surface area contributed by atoms with Crippen molar-refractivity contribution >= 4 is 11.6 Å². The molecule has 1 heterocycles. The Kier molecular flexibility index (Phi) is 5.30. The van der Waals surface area contributed by atoms with Crippen molar-refractivity contribution in [2.75, 3.05) is 16.5 Å². The van der Waals surface area contributed by atoms with Crippen LogP contribution in [0, 0.1) is 13.8 Å². The van der Waals surface area contributed by atoms with Gasteiger partial charge in [-0.2, -0.15) is 4.68 Å². The number of nitrogens with two attached hydrogens (primary N) is 1. The molecule has 27 heavy (non-hydrogen) atoms. The van der Waals surface area contributed by atoms with Crippen LogP contribution in [-0.2, 0) is 13.1 Å². The van der Waals surface area contributed by atoms with Gasteiger partial charge in [-0.25, -0.2) is 4.98 Å². The number of phenols is 1. The van der Waals surface area contributed by atoms with Gasteiger partial charge in [0.1, 0.15) is 5.75 Å². The Labute approximate surface area is 157 Å². The van der Waals surface area contributed by atoms with Crippen molar-refractivity contribution in [2.24, 2.45) is 0 Å². The molecule has 0 saturated heterocycles. The highest BCUT2D eigenvalue weighted by Crippen LogP contribution is 2.21. The van der Waals surface area contributed by atoms with Gasteiger partial charge in [0.2, 0.25) is 5.95 Å². The standard InChI is InChI=1S/C20H23N5O2/c1-13-3-6-15(7-4-13)11-23-20-24-16(9-19(27)25(20)21)12-22-18-10-17(26)8-5-14(18)2/h3-10,22,26H,11-12,21H2,1-2H3,(H,23,24). The van der Waals surface area contributed by atoms with Crippen LogP contribution < -0.4 is 22.0 Å². The normalized spacial score (nSPS) is 10.6. The summed E-state index contributed by atoms with van der Waals surface area (Å²) in [5.74, 6) is 6.29. The largest absolute Gasteiger partial charge is 0.508 e. The van der Waals surface area contributed by atoms with E-state index in [-0.39, 0.29) is 11.3 Å². The molecule has 0 spiro atoms. The molecule has 5 N–H and O–H groups in total. The minimum atomic E-state index is -0.346. The van der Waals surface area contributed by atoms with Gasteiger partial charge in [0.25, 0.3) is 5.56 Å². The second-order valence-electron chi connectivity index (χ2n) is 6.47. The first-order chi connectivity index (χ1) is 12.9. The number of aryl methyl sites for hydroxylation is 2. The highest BCUT2D eigenvalue weighted by atomic mass is 16.3. The summed E-state index contributed by atoms with van der Waals surface area (Å²) in [6.07, 6.45) is 0. The predicted molar refractivity (Wildman–Crippen MR) is 107 cm³/mol. The fourth-order valence-electron chi connectivity index (χ4n) is 2.63. The Morgan fingerprint density at radius 3 is 2.52 bits per heavy atom. The van der Waals surface area contributed by atoms with Crippen molar-refractivity contribution in [2.45, 2.75) is 26.9 Å². The summed E-state index contributed by atoms with van der Waals surface area (Å²) in [4.78, 5) is 16.6. The van der Waals surface area contributed by atoms with E-state index in [1.54, 1.807) is 12.1 Å². The maximum Gasteiger partial charge on any atom is 0.273 e. The number of nitrogens with zero attached hydrogens (tertiary/aromatic N) is 2. The van der Waals surface area contributed by atoms with Crippen LogP contribution >= 0.6 is 0 Å². The van der Waals surface area contributed by atoms with Crippen LogP contribution in [0.1, 0.15) is 22.4 Å². The number of benzene rings is 2. The number of aromatic nitrogens is 2. The summed E-state index contributed by atoms with van der Waals surface area (Å²) in [6.45, 7) is 4.80. The van der Waals surface area contributed by atoms with Crippen LogP contribution in [0.15, 0.2) is 53.3 Å². The third-order valence-corrected chi connectivity index (χ3v) is 4.26. The zero-order valence-corrected chi connectivity index (χ0v) is 15.4. The number of hydrogen-bond donors (Lipinski definition) is 4. The van der Waals surface area contributed by atoms with Gasteiger partial charge in [0, 0.05) is 24.4 Å². The average Bonchev–Trinajstić information content (AvgIpc) is 2.65. The van der Waals surface area contributed by atoms with Crippen molar-refractivity contribution in [3.63, 3.8) is 0 Å². The molecule has 0 unspecified atom stereocenters. The zero-order valence-electron chi connectivity index (χ0n) is 15.4. The minimum absolute atomic E-state index is 0.175. The summed E-state index contributed by atoms with van der Waals surface area (Å²) in [7, 11) is 0. The molecule has 3 rings (SSSR count). The van der Waals surface area contributed by atoms with Crippen LogP contribution in [0.4, 0.5) is 11.6 Å². The Bertz CT molecular complexity index is 996. The average molecular weight is 365 g/mol. The number of nitrogens with one attached hydrogen (secondary N) is 2. The first-order valence-electron chi connectivity index (χ1n) is 8.63. The molecule has 1 aromatic heterocycles. The number of phenolic OH excluding ortho intramolecular Hbond substituents is 1. The highest BCUT2D eigenvalue weighted by molar-refractivity contribution is 5.54. The summed E-state index contributed by atoms with van der Waals surface area (Å²) in [5, 5.41) is 15.9. The molecular weight excluding hydrogens is 342 g/mol. The summed E-state index contributed by atoms with van der Waals surface area (Å²) >= 11 is 0. The lowest BCUT2D eigenvalue weighted by Gasteiger charge is -2.13. The molecule has 7 nitrogen and oxygen atoms in total. The number of nitrogen functional groups attached to an aromatic ring is 1. The lowest BCUT2D eigenvalue weighted by atomic mass is 10.1. The number of hydrogen-bond acceptors (Lipinski definition) is 6. The smallest absolute Gasteiger partial charge is 0.273 e. The molecule has 0 bridgehead atoms. The predicted octanol–water partition coefficient (Wildman–Crippen LogP) is 2.50. The van der Waals surface area contributed by atoms with Gasteiger partial charge >= 0.3 is 0 Å². The molecule has 0 atom stereocenters. The first kappa shape index (κ1) is 18.3. The van der Waals surface area contributed by atoms with E-state index in [1.807, 2.05) is 44.2 Å². The lowest BCUT2D eigenvalue weighted by molar-refractivity contribution is 0.475. The fourth-order valence-corrected chi connectivity index (χ4v) is 2.63.